The fraction of sp³-hybridized carbons (Fsp3) is 0.652. The molecule has 2 saturated heterocycles. The van der Waals surface area contributed by atoms with Crippen molar-refractivity contribution in [3.05, 3.63) is 18.2 Å². The van der Waals surface area contributed by atoms with Gasteiger partial charge in [-0.25, -0.2) is 8.42 Å². The number of nitrogens with zero attached hydrogens (tertiary/aromatic N) is 3. The molecule has 3 aliphatic rings. The second kappa shape index (κ2) is 9.35. The molecule has 2 atom stereocenters. The van der Waals surface area contributed by atoms with Gasteiger partial charge in [0, 0.05) is 31.1 Å². The number of fused-ring (bicyclic) bond motifs is 1. The highest BCUT2D eigenvalue weighted by Gasteiger charge is 2.33. The average Bonchev–Trinajstić information content (AvgIpc) is 2.75. The quantitative estimate of drug-likeness (QED) is 0.663. The lowest BCUT2D eigenvalue weighted by molar-refractivity contribution is -0.133. The number of hydrogen-bond acceptors (Lipinski definition) is 5. The summed E-state index contributed by atoms with van der Waals surface area (Å²) in [7, 11) is -3.63. The topological polar surface area (TPSA) is 78.0 Å². The molecular weight excluding hydrogens is 446 g/mol. The van der Waals surface area contributed by atoms with Gasteiger partial charge in [0.15, 0.2) is 0 Å². The predicted octanol–water partition coefficient (Wildman–Crippen LogP) is 3.05. The van der Waals surface area contributed by atoms with Gasteiger partial charge in [0.1, 0.15) is 6.54 Å². The largest absolute Gasteiger partial charge is 0.341 e. The molecule has 4 rings (SSSR count). The van der Waals surface area contributed by atoms with Crippen LogP contribution in [-0.4, -0.2) is 67.9 Å². The monoisotopic (exact) mass is 479 g/mol. The highest BCUT2D eigenvalue weighted by Crippen LogP contribution is 2.38. The van der Waals surface area contributed by atoms with Crippen molar-refractivity contribution in [1.82, 2.24) is 9.21 Å². The molecular formula is C23H33N3O4S2. The molecule has 0 aromatic heterocycles. The molecule has 176 valence electrons. The third-order valence-electron chi connectivity index (χ3n) is 6.77. The molecule has 0 saturated carbocycles. The van der Waals surface area contributed by atoms with E-state index in [-0.39, 0.29) is 29.0 Å². The van der Waals surface area contributed by atoms with Gasteiger partial charge in [0.2, 0.25) is 21.8 Å². The van der Waals surface area contributed by atoms with E-state index in [4.69, 9.17) is 0 Å². The van der Waals surface area contributed by atoms with Gasteiger partial charge in [-0.3, -0.25) is 9.59 Å². The second-order valence-corrected chi connectivity index (χ2v) is 12.7. The van der Waals surface area contributed by atoms with Crippen molar-refractivity contribution >= 4 is 39.3 Å². The Morgan fingerprint density at radius 1 is 1.06 bits per heavy atom. The summed E-state index contributed by atoms with van der Waals surface area (Å²) in [5.74, 6) is 1.42. The Bertz CT molecular complexity index is 979. The number of amides is 2. The molecule has 3 aliphatic heterocycles. The Hall–Kier alpha value is -1.58. The zero-order valence-corrected chi connectivity index (χ0v) is 20.8. The summed E-state index contributed by atoms with van der Waals surface area (Å²) >= 11 is 1.39. The van der Waals surface area contributed by atoms with Crippen LogP contribution in [0.3, 0.4) is 0 Å². The minimum absolute atomic E-state index is 0.0451. The summed E-state index contributed by atoms with van der Waals surface area (Å²) in [6, 6.07) is 4.99. The molecule has 1 aromatic rings. The summed E-state index contributed by atoms with van der Waals surface area (Å²) in [5, 5.41) is 0. The van der Waals surface area contributed by atoms with Crippen molar-refractivity contribution in [1.29, 1.82) is 0 Å². The molecule has 2 amide bonds. The maximum atomic E-state index is 13.3. The lowest BCUT2D eigenvalue weighted by Crippen LogP contribution is -2.49. The minimum atomic E-state index is -3.63. The van der Waals surface area contributed by atoms with Crippen LogP contribution in [0, 0.1) is 17.8 Å². The third kappa shape index (κ3) is 4.84. The van der Waals surface area contributed by atoms with Crippen LogP contribution < -0.4 is 4.90 Å². The van der Waals surface area contributed by atoms with E-state index in [1.807, 2.05) is 4.90 Å². The molecule has 0 bridgehead atoms. The fourth-order valence-electron chi connectivity index (χ4n) is 4.99. The van der Waals surface area contributed by atoms with Gasteiger partial charge in [-0.15, -0.1) is 11.8 Å². The van der Waals surface area contributed by atoms with Crippen molar-refractivity contribution in [2.24, 2.45) is 17.8 Å². The number of rotatable bonds is 4. The molecule has 9 heteroatoms. The zero-order valence-electron chi connectivity index (χ0n) is 19.1. The van der Waals surface area contributed by atoms with Crippen molar-refractivity contribution in [2.45, 2.75) is 49.8 Å². The van der Waals surface area contributed by atoms with Gasteiger partial charge in [-0.05, 0) is 55.2 Å². The van der Waals surface area contributed by atoms with Crippen molar-refractivity contribution in [2.75, 3.05) is 43.4 Å². The van der Waals surface area contributed by atoms with Gasteiger partial charge in [0.25, 0.3) is 0 Å². The zero-order chi connectivity index (χ0) is 23.0. The summed E-state index contributed by atoms with van der Waals surface area (Å²) in [6.45, 7) is 8.83. The molecule has 1 aromatic carbocycles. The Balaban J connectivity index is 1.58. The molecule has 0 spiro atoms. The number of hydrogen-bond donors (Lipinski definition) is 0. The van der Waals surface area contributed by atoms with Gasteiger partial charge >= 0.3 is 0 Å². The van der Waals surface area contributed by atoms with Crippen molar-refractivity contribution in [3.63, 3.8) is 0 Å². The van der Waals surface area contributed by atoms with Crippen LogP contribution in [0.5, 0.6) is 0 Å². The third-order valence-corrected chi connectivity index (χ3v) is 9.71. The first-order valence-electron chi connectivity index (χ1n) is 11.5. The highest BCUT2D eigenvalue weighted by molar-refractivity contribution is 8.00. The Kier molecular flexibility index (Phi) is 6.89. The molecule has 0 N–H and O–H groups in total. The van der Waals surface area contributed by atoms with Crippen LogP contribution in [0.4, 0.5) is 5.69 Å². The Morgan fingerprint density at radius 3 is 2.38 bits per heavy atom. The number of anilines is 1. The first-order chi connectivity index (χ1) is 15.1. The summed E-state index contributed by atoms with van der Waals surface area (Å²) in [5.41, 5.74) is 0.532. The molecule has 0 radical (unpaired) electrons. The summed E-state index contributed by atoms with van der Waals surface area (Å²) in [4.78, 5) is 30.2. The number of likely N-dealkylation sites (tertiary alicyclic amines) is 1. The second-order valence-electron chi connectivity index (χ2n) is 9.73. The van der Waals surface area contributed by atoms with E-state index in [9.17, 15) is 18.0 Å². The van der Waals surface area contributed by atoms with Crippen LogP contribution in [0.2, 0.25) is 0 Å². The first kappa shape index (κ1) is 23.6. The maximum absolute atomic E-state index is 13.3. The molecule has 0 unspecified atom stereocenters. The molecule has 2 fully saturated rings. The van der Waals surface area contributed by atoms with E-state index in [2.05, 4.69) is 20.8 Å². The van der Waals surface area contributed by atoms with E-state index >= 15 is 0 Å². The Morgan fingerprint density at radius 2 is 1.72 bits per heavy atom. The van der Waals surface area contributed by atoms with Gasteiger partial charge in [-0.2, -0.15) is 4.31 Å². The van der Waals surface area contributed by atoms with E-state index in [0.29, 0.717) is 49.6 Å². The van der Waals surface area contributed by atoms with Gasteiger partial charge in [0.05, 0.1) is 16.3 Å². The fourth-order valence-corrected chi connectivity index (χ4v) is 7.40. The number of carbonyl (C=O) groups excluding carboxylic acids is 2. The predicted molar refractivity (Wildman–Crippen MR) is 126 cm³/mol. The number of piperidine rings is 2. The summed E-state index contributed by atoms with van der Waals surface area (Å²) in [6.07, 6.45) is 2.81. The first-order valence-corrected chi connectivity index (χ1v) is 13.9. The Labute approximate surface area is 195 Å². The van der Waals surface area contributed by atoms with E-state index < -0.39 is 10.0 Å². The lowest BCUT2D eigenvalue weighted by atomic mass is 9.92. The molecule has 7 nitrogen and oxygen atoms in total. The SMILES string of the molecule is CC1CCN(S(=O)(=O)c2ccc3c(c2)N(CC(=O)N2C[C@H](C)C[C@@H](C)C2)C(=O)CS3)CC1. The smallest absolute Gasteiger partial charge is 0.243 e. The number of sulfonamides is 1. The van der Waals surface area contributed by atoms with E-state index in [0.717, 1.165) is 24.2 Å². The van der Waals surface area contributed by atoms with Crippen LogP contribution in [-0.2, 0) is 19.6 Å². The summed E-state index contributed by atoms with van der Waals surface area (Å²) < 4.78 is 28.0. The van der Waals surface area contributed by atoms with Crippen LogP contribution in [0.1, 0.15) is 40.0 Å². The average molecular weight is 480 g/mol. The van der Waals surface area contributed by atoms with Crippen LogP contribution in [0.15, 0.2) is 28.0 Å². The molecule has 3 heterocycles. The normalized spacial score (nSPS) is 25.7. The standard InChI is InChI=1S/C23H33N3O4S2/c1-16-6-8-25(9-7-16)32(29,30)19-4-5-21-20(11-19)26(23(28)15-31-21)14-22(27)24-12-17(2)10-18(3)13-24/h4-5,11,16-18H,6-10,12-15H2,1-3H3/t17-,18-/m1/s1. The van der Waals surface area contributed by atoms with Crippen LogP contribution >= 0.6 is 11.8 Å². The van der Waals surface area contributed by atoms with Gasteiger partial charge in [-0.1, -0.05) is 20.8 Å². The number of carbonyl (C=O) groups is 2. The maximum Gasteiger partial charge on any atom is 0.243 e. The minimum Gasteiger partial charge on any atom is -0.341 e. The van der Waals surface area contributed by atoms with Gasteiger partial charge < -0.3 is 9.80 Å². The number of benzene rings is 1. The van der Waals surface area contributed by atoms with Crippen molar-refractivity contribution < 1.29 is 18.0 Å². The van der Waals surface area contributed by atoms with Crippen molar-refractivity contribution in [3.8, 4) is 0 Å². The molecule has 0 aliphatic carbocycles. The molecule has 32 heavy (non-hydrogen) atoms. The van der Waals surface area contributed by atoms with Crippen LogP contribution in [0.25, 0.3) is 0 Å². The van der Waals surface area contributed by atoms with E-state index in [1.165, 1.54) is 16.7 Å². The lowest BCUT2D eigenvalue weighted by Gasteiger charge is -2.37. The number of thioether (sulfide) groups is 1. The highest BCUT2D eigenvalue weighted by atomic mass is 32.2. The van der Waals surface area contributed by atoms with E-state index in [1.54, 1.807) is 22.5 Å².